The number of carbonyl (C=O) groups is 2. The van der Waals surface area contributed by atoms with Crippen molar-refractivity contribution in [2.24, 2.45) is 10.9 Å². The first-order chi connectivity index (χ1) is 15.2. The van der Waals surface area contributed by atoms with Gasteiger partial charge in [-0.15, -0.1) is 0 Å². The summed E-state index contributed by atoms with van der Waals surface area (Å²) in [6, 6.07) is 13.3. The highest BCUT2D eigenvalue weighted by atomic mass is 16.6. The molecule has 0 saturated carbocycles. The summed E-state index contributed by atoms with van der Waals surface area (Å²) in [6.45, 7) is 7.07. The van der Waals surface area contributed by atoms with E-state index in [0.29, 0.717) is 31.0 Å². The normalized spacial score (nSPS) is 19.8. The van der Waals surface area contributed by atoms with Gasteiger partial charge in [0.15, 0.2) is 0 Å². The number of hydrogen-bond acceptors (Lipinski definition) is 5. The summed E-state index contributed by atoms with van der Waals surface area (Å²) in [5.41, 5.74) is 1.91. The van der Waals surface area contributed by atoms with Crippen LogP contribution in [0.25, 0.3) is 0 Å². The second kappa shape index (κ2) is 8.65. The average molecular weight is 437 g/mol. The highest BCUT2D eigenvalue weighted by Crippen LogP contribution is 2.35. The molecule has 2 aliphatic rings. The lowest BCUT2D eigenvalue weighted by molar-refractivity contribution is 0.0283. The Kier molecular flexibility index (Phi) is 5.91. The predicted octanol–water partition coefficient (Wildman–Crippen LogP) is 4.30. The third-order valence-electron chi connectivity index (χ3n) is 5.68. The maximum atomic E-state index is 12.7. The fourth-order valence-corrected chi connectivity index (χ4v) is 4.07. The summed E-state index contributed by atoms with van der Waals surface area (Å²) < 4.78 is 16.9. The summed E-state index contributed by atoms with van der Waals surface area (Å²) in [5.74, 6) is 1.31. The Morgan fingerprint density at radius 2 is 1.81 bits per heavy atom. The molecular weight excluding hydrogens is 408 g/mol. The molecule has 32 heavy (non-hydrogen) atoms. The van der Waals surface area contributed by atoms with Crippen molar-refractivity contribution in [3.63, 3.8) is 0 Å². The van der Waals surface area contributed by atoms with Crippen LogP contribution in [0.3, 0.4) is 0 Å². The molecule has 0 unspecified atom stereocenters. The zero-order valence-electron chi connectivity index (χ0n) is 18.8. The largest absolute Gasteiger partial charge is 0.497 e. The predicted molar refractivity (Wildman–Crippen MR) is 121 cm³/mol. The maximum Gasteiger partial charge on any atom is 0.410 e. The molecule has 0 bridgehead atoms. The van der Waals surface area contributed by atoms with Gasteiger partial charge in [-0.1, -0.05) is 12.1 Å². The van der Waals surface area contributed by atoms with Gasteiger partial charge in [0.05, 0.1) is 19.3 Å². The number of fused-ring (bicyclic) bond motifs is 1. The Labute approximate surface area is 188 Å². The molecule has 0 aliphatic carbocycles. The first-order valence-electron chi connectivity index (χ1n) is 10.7. The first-order valence-corrected chi connectivity index (χ1v) is 10.7. The first kappa shape index (κ1) is 21.9. The zero-order valence-corrected chi connectivity index (χ0v) is 18.8. The van der Waals surface area contributed by atoms with E-state index >= 15 is 0 Å². The van der Waals surface area contributed by atoms with E-state index in [1.54, 1.807) is 24.3 Å². The molecule has 2 aliphatic heterocycles. The van der Waals surface area contributed by atoms with E-state index in [9.17, 15) is 9.59 Å². The van der Waals surface area contributed by atoms with Crippen LogP contribution in [-0.4, -0.2) is 55.5 Å². The van der Waals surface area contributed by atoms with E-state index < -0.39 is 5.60 Å². The second-order valence-corrected chi connectivity index (χ2v) is 9.15. The minimum atomic E-state index is -0.555. The lowest BCUT2D eigenvalue weighted by atomic mass is 9.89. The van der Waals surface area contributed by atoms with Gasteiger partial charge >= 0.3 is 6.09 Å². The Hall–Kier alpha value is -3.35. The fourth-order valence-electron chi connectivity index (χ4n) is 4.07. The van der Waals surface area contributed by atoms with Crippen LogP contribution in [0.2, 0.25) is 0 Å². The van der Waals surface area contributed by atoms with Crippen molar-refractivity contribution in [3.05, 3.63) is 59.2 Å². The van der Waals surface area contributed by atoms with E-state index in [1.165, 1.54) is 0 Å². The van der Waals surface area contributed by atoms with Crippen molar-refractivity contribution in [1.29, 1.82) is 0 Å². The standard InChI is InChI=1S/C25H28N2O5/c1-25(2,3)32-24(29)27-13-18(22(14-27)16-5-8-19(30-4)9-6-16)15-31-20-10-7-17-12-26-23(28)21(17)11-20/h5-12,18,22H,13-15H2,1-4H3/t18-,22-/m0/s1. The van der Waals surface area contributed by atoms with E-state index in [2.05, 4.69) is 4.99 Å². The van der Waals surface area contributed by atoms with E-state index in [-0.39, 0.29) is 23.8 Å². The molecule has 7 nitrogen and oxygen atoms in total. The van der Waals surface area contributed by atoms with E-state index in [0.717, 1.165) is 16.9 Å². The topological polar surface area (TPSA) is 77.4 Å². The second-order valence-electron chi connectivity index (χ2n) is 9.15. The SMILES string of the molecule is COc1ccc([C@@H]2CN(C(=O)OC(C)(C)C)C[C@H]2COc2ccc3c(c2)C(=O)N=C3)cc1. The van der Waals surface area contributed by atoms with E-state index in [4.69, 9.17) is 14.2 Å². The quantitative estimate of drug-likeness (QED) is 0.699. The van der Waals surface area contributed by atoms with Crippen molar-refractivity contribution in [3.8, 4) is 11.5 Å². The van der Waals surface area contributed by atoms with E-state index in [1.807, 2.05) is 57.2 Å². The van der Waals surface area contributed by atoms with Crippen LogP contribution in [0.4, 0.5) is 4.79 Å². The van der Waals surface area contributed by atoms with Crippen LogP contribution in [0, 0.1) is 5.92 Å². The molecule has 0 N–H and O–H groups in total. The number of amides is 2. The highest BCUT2D eigenvalue weighted by molar-refractivity contribution is 6.13. The van der Waals surface area contributed by atoms with Crippen molar-refractivity contribution >= 4 is 18.2 Å². The van der Waals surface area contributed by atoms with Crippen LogP contribution in [0.5, 0.6) is 11.5 Å². The minimum absolute atomic E-state index is 0.0659. The summed E-state index contributed by atoms with van der Waals surface area (Å²) in [6.07, 6.45) is 1.25. The molecule has 0 aromatic heterocycles. The van der Waals surface area contributed by atoms with Crippen LogP contribution in [0.15, 0.2) is 47.5 Å². The van der Waals surface area contributed by atoms with Gasteiger partial charge < -0.3 is 19.1 Å². The summed E-state index contributed by atoms with van der Waals surface area (Å²) in [5, 5.41) is 0. The summed E-state index contributed by atoms with van der Waals surface area (Å²) in [4.78, 5) is 30.2. The van der Waals surface area contributed by atoms with Gasteiger partial charge in [0.2, 0.25) is 0 Å². The number of nitrogens with zero attached hydrogens (tertiary/aromatic N) is 2. The molecule has 4 rings (SSSR count). The van der Waals surface area contributed by atoms with Gasteiger partial charge in [0, 0.05) is 36.7 Å². The smallest absolute Gasteiger partial charge is 0.410 e. The number of rotatable bonds is 5. The average Bonchev–Trinajstić information content (AvgIpc) is 3.35. The van der Waals surface area contributed by atoms with Crippen molar-refractivity contribution in [1.82, 2.24) is 4.90 Å². The Balaban J connectivity index is 1.50. The van der Waals surface area contributed by atoms with Crippen molar-refractivity contribution in [2.75, 3.05) is 26.8 Å². The van der Waals surface area contributed by atoms with Gasteiger partial charge in [-0.05, 0) is 56.7 Å². The lowest BCUT2D eigenvalue weighted by Gasteiger charge is -2.24. The molecule has 1 saturated heterocycles. The molecule has 2 aromatic carbocycles. The third-order valence-corrected chi connectivity index (χ3v) is 5.68. The summed E-state index contributed by atoms with van der Waals surface area (Å²) >= 11 is 0. The van der Waals surface area contributed by atoms with Crippen LogP contribution in [0.1, 0.15) is 48.2 Å². The molecule has 2 atom stereocenters. The number of carbonyl (C=O) groups excluding carboxylic acids is 2. The van der Waals surface area contributed by atoms with Crippen molar-refractivity contribution < 1.29 is 23.8 Å². The van der Waals surface area contributed by atoms with Crippen molar-refractivity contribution in [2.45, 2.75) is 32.3 Å². The molecule has 2 heterocycles. The molecule has 2 amide bonds. The number of aliphatic imine (C=N–C) groups is 1. The highest BCUT2D eigenvalue weighted by Gasteiger charge is 2.38. The Morgan fingerprint density at radius 3 is 2.50 bits per heavy atom. The third kappa shape index (κ3) is 4.77. The monoisotopic (exact) mass is 436 g/mol. The van der Waals surface area contributed by atoms with Gasteiger partial charge in [0.25, 0.3) is 5.91 Å². The number of benzene rings is 2. The maximum absolute atomic E-state index is 12.7. The number of methoxy groups -OCH3 is 1. The molecule has 7 heteroatoms. The number of ether oxygens (including phenoxy) is 3. The summed E-state index contributed by atoms with van der Waals surface area (Å²) in [7, 11) is 1.64. The van der Waals surface area contributed by atoms with Gasteiger partial charge in [-0.2, -0.15) is 0 Å². The van der Waals surface area contributed by atoms with Gasteiger partial charge in [-0.25, -0.2) is 9.79 Å². The molecule has 2 aromatic rings. The zero-order chi connectivity index (χ0) is 22.9. The fraction of sp³-hybridized carbons (Fsp3) is 0.400. The molecule has 1 fully saturated rings. The minimum Gasteiger partial charge on any atom is -0.497 e. The van der Waals surface area contributed by atoms with Crippen LogP contribution >= 0.6 is 0 Å². The van der Waals surface area contributed by atoms with Crippen LogP contribution < -0.4 is 9.47 Å². The molecule has 168 valence electrons. The number of hydrogen-bond donors (Lipinski definition) is 0. The lowest BCUT2D eigenvalue weighted by Crippen LogP contribution is -2.35. The molecule has 0 radical (unpaired) electrons. The Bertz CT molecular complexity index is 1040. The van der Waals surface area contributed by atoms with Gasteiger partial charge in [0.1, 0.15) is 17.1 Å². The molecule has 0 spiro atoms. The van der Waals surface area contributed by atoms with Crippen LogP contribution in [-0.2, 0) is 4.74 Å². The number of likely N-dealkylation sites (tertiary alicyclic amines) is 1. The van der Waals surface area contributed by atoms with Gasteiger partial charge in [-0.3, -0.25) is 4.79 Å². The molecular formula is C25H28N2O5. The Morgan fingerprint density at radius 1 is 1.09 bits per heavy atom.